The number of anilines is 1. The molecule has 312 valence electrons. The van der Waals surface area contributed by atoms with E-state index in [2.05, 4.69) is 0 Å². The molecular weight excluding hydrogens is 822 g/mol. The Balaban J connectivity index is 1.17. The fraction of sp³-hybridized carbons (Fsp3) is 0.195. The fourth-order valence-corrected chi connectivity index (χ4v) is 7.03. The predicted octanol–water partition coefficient (Wildman–Crippen LogP) is 9.90. The lowest BCUT2D eigenvalue weighted by Gasteiger charge is -2.47. The number of hydrogen-bond acceptors (Lipinski definition) is 8. The molecule has 0 aromatic heterocycles. The number of ether oxygens (including phenoxy) is 4. The second kappa shape index (κ2) is 15.4. The van der Waals surface area contributed by atoms with Crippen LogP contribution in [0.5, 0.6) is 17.2 Å². The first-order valence-electron chi connectivity index (χ1n) is 17.5. The number of esters is 1. The maximum absolute atomic E-state index is 14.4. The van der Waals surface area contributed by atoms with Gasteiger partial charge in [0.15, 0.2) is 46.5 Å². The Hall–Kier alpha value is -6.79. The Morgan fingerprint density at radius 3 is 1.77 bits per heavy atom. The van der Waals surface area contributed by atoms with Gasteiger partial charge in [-0.15, -0.1) is 0 Å². The van der Waals surface area contributed by atoms with E-state index in [1.54, 1.807) is 29.2 Å². The van der Waals surface area contributed by atoms with Crippen molar-refractivity contribution in [2.75, 3.05) is 18.1 Å². The van der Waals surface area contributed by atoms with Crippen molar-refractivity contribution in [2.24, 2.45) is 0 Å². The molecule has 5 aromatic rings. The highest BCUT2D eigenvalue weighted by atomic mass is 19.2. The second-order valence-corrected chi connectivity index (χ2v) is 13.9. The Labute approximate surface area is 332 Å². The molecule has 0 amide bonds. The Kier molecular flexibility index (Phi) is 10.6. The minimum atomic E-state index is -2.43. The zero-order valence-electron chi connectivity index (χ0n) is 30.8. The van der Waals surface area contributed by atoms with Crippen molar-refractivity contribution in [3.63, 3.8) is 0 Å². The van der Waals surface area contributed by atoms with Crippen LogP contribution in [-0.4, -0.2) is 29.8 Å². The molecule has 7 rings (SSSR count). The van der Waals surface area contributed by atoms with Gasteiger partial charge in [0.1, 0.15) is 37.1 Å². The van der Waals surface area contributed by atoms with Crippen LogP contribution in [0.3, 0.4) is 0 Å². The lowest BCUT2D eigenvalue weighted by Crippen LogP contribution is -2.60. The molecule has 60 heavy (non-hydrogen) atoms. The smallest absolute Gasteiger partial charge is 0.338 e. The molecule has 0 aliphatic carbocycles. The standard InChI is InChI=1S/C41H26F10N2O7/c1-40(2)26-5-3-4-6-27(26)52(41(40)10-9-19-13-21(53(55)56)7-8-28(19)60-41)11-12-57-39(54)20-14-22(58-17-24-29(42)33(46)37(50)34(47)30(24)43)16-23(15-20)59-18-25-31(44)35(48)38(51)36(49)32(25)45/h3-10,13-16H,11-12,17-18H2,1-2H3. The van der Waals surface area contributed by atoms with E-state index in [0.717, 1.165) is 23.8 Å². The number of rotatable bonds is 11. The van der Waals surface area contributed by atoms with Crippen molar-refractivity contribution >= 4 is 23.4 Å². The van der Waals surface area contributed by atoms with Gasteiger partial charge in [0, 0.05) is 29.4 Å². The van der Waals surface area contributed by atoms with E-state index in [1.807, 2.05) is 26.0 Å². The molecule has 1 atom stereocenters. The van der Waals surface area contributed by atoms with Crippen molar-refractivity contribution in [1.82, 2.24) is 0 Å². The summed E-state index contributed by atoms with van der Waals surface area (Å²) < 4.78 is 163. The molecule has 1 spiro atoms. The van der Waals surface area contributed by atoms with Crippen molar-refractivity contribution in [3.05, 3.63) is 163 Å². The van der Waals surface area contributed by atoms with Crippen LogP contribution in [0.25, 0.3) is 6.08 Å². The highest BCUT2D eigenvalue weighted by molar-refractivity contribution is 5.90. The van der Waals surface area contributed by atoms with Crippen LogP contribution in [-0.2, 0) is 23.4 Å². The summed E-state index contributed by atoms with van der Waals surface area (Å²) in [4.78, 5) is 26.2. The molecule has 2 aliphatic heterocycles. The molecule has 2 aliphatic rings. The van der Waals surface area contributed by atoms with Gasteiger partial charge < -0.3 is 23.8 Å². The largest absolute Gasteiger partial charge is 0.489 e. The third kappa shape index (κ3) is 6.86. The van der Waals surface area contributed by atoms with Gasteiger partial charge in [-0.1, -0.05) is 18.2 Å². The summed E-state index contributed by atoms with van der Waals surface area (Å²) >= 11 is 0. The van der Waals surface area contributed by atoms with E-state index < -0.39 is 122 Å². The fourth-order valence-electron chi connectivity index (χ4n) is 7.03. The van der Waals surface area contributed by atoms with Crippen LogP contribution in [0, 0.1) is 68.3 Å². The van der Waals surface area contributed by atoms with Crippen molar-refractivity contribution in [1.29, 1.82) is 0 Å². The average molecular weight is 849 g/mol. The summed E-state index contributed by atoms with van der Waals surface area (Å²) in [7, 11) is 0. The van der Waals surface area contributed by atoms with Crippen molar-refractivity contribution < 1.29 is 72.6 Å². The minimum Gasteiger partial charge on any atom is -0.489 e. The molecule has 0 radical (unpaired) electrons. The number of para-hydroxylation sites is 1. The number of benzene rings is 5. The van der Waals surface area contributed by atoms with Gasteiger partial charge in [0.2, 0.25) is 17.4 Å². The number of halogens is 10. The SMILES string of the molecule is CC1(C)c2ccccc2N(CCOC(=O)c2cc(OCc3c(F)c(F)c(F)c(F)c3F)cc(OCc3c(F)c(F)c(F)c(F)c3F)c2)C12C=Cc1cc([N+](=O)[O-])ccc1O2. The van der Waals surface area contributed by atoms with Crippen molar-refractivity contribution in [2.45, 2.75) is 38.2 Å². The Bertz CT molecular complexity index is 2490. The number of carbonyl (C=O) groups excluding carboxylic acids is 1. The molecule has 19 heteroatoms. The highest BCUT2D eigenvalue weighted by Gasteiger charge is 2.58. The van der Waals surface area contributed by atoms with Crippen molar-refractivity contribution in [3.8, 4) is 17.2 Å². The maximum Gasteiger partial charge on any atom is 0.338 e. The number of nitro benzene ring substituents is 1. The molecule has 0 fully saturated rings. The van der Waals surface area contributed by atoms with E-state index in [4.69, 9.17) is 18.9 Å². The van der Waals surface area contributed by atoms with Gasteiger partial charge >= 0.3 is 5.97 Å². The summed E-state index contributed by atoms with van der Waals surface area (Å²) in [6.07, 6.45) is 3.39. The van der Waals surface area contributed by atoms with Crippen LogP contribution in [0.1, 0.15) is 46.5 Å². The van der Waals surface area contributed by atoms with E-state index in [0.29, 0.717) is 17.0 Å². The minimum absolute atomic E-state index is 0.0567. The van der Waals surface area contributed by atoms with Gasteiger partial charge in [0.05, 0.1) is 33.6 Å². The monoisotopic (exact) mass is 848 g/mol. The van der Waals surface area contributed by atoms with Crippen LogP contribution in [0.15, 0.2) is 66.7 Å². The summed E-state index contributed by atoms with van der Waals surface area (Å²) in [5, 5.41) is 11.4. The third-order valence-electron chi connectivity index (χ3n) is 10.2. The number of hydrogen-bond donors (Lipinski definition) is 0. The highest BCUT2D eigenvalue weighted by Crippen LogP contribution is 2.55. The molecule has 2 heterocycles. The van der Waals surface area contributed by atoms with E-state index in [1.165, 1.54) is 18.2 Å². The summed E-state index contributed by atoms with van der Waals surface area (Å²) in [5.41, 5.74) is -3.56. The van der Waals surface area contributed by atoms with E-state index in [9.17, 15) is 58.8 Å². The van der Waals surface area contributed by atoms with Gasteiger partial charge in [-0.3, -0.25) is 10.1 Å². The molecular formula is C41H26F10N2O7. The summed E-state index contributed by atoms with van der Waals surface area (Å²) in [5.74, 6) is -24.8. The lowest BCUT2D eigenvalue weighted by atomic mass is 9.76. The zero-order chi connectivity index (χ0) is 43.4. The lowest BCUT2D eigenvalue weighted by molar-refractivity contribution is -0.384. The first-order valence-corrected chi connectivity index (χ1v) is 17.5. The summed E-state index contributed by atoms with van der Waals surface area (Å²) in [6, 6.07) is 14.0. The zero-order valence-corrected chi connectivity index (χ0v) is 30.8. The molecule has 0 bridgehead atoms. The maximum atomic E-state index is 14.4. The normalized spacial score (nSPS) is 16.0. The topological polar surface area (TPSA) is 100 Å². The third-order valence-corrected chi connectivity index (χ3v) is 10.2. The quantitative estimate of drug-likeness (QED) is 0.0324. The van der Waals surface area contributed by atoms with Gasteiger partial charge in [-0.25, -0.2) is 48.7 Å². The van der Waals surface area contributed by atoms with Gasteiger partial charge in [-0.2, -0.15) is 0 Å². The van der Waals surface area contributed by atoms with Gasteiger partial charge in [0.25, 0.3) is 5.69 Å². The Morgan fingerprint density at radius 2 is 1.23 bits per heavy atom. The Morgan fingerprint density at radius 1 is 0.717 bits per heavy atom. The number of nitro groups is 1. The van der Waals surface area contributed by atoms with Crippen LogP contribution < -0.4 is 19.1 Å². The van der Waals surface area contributed by atoms with E-state index in [-0.39, 0.29) is 18.8 Å². The summed E-state index contributed by atoms with van der Waals surface area (Å²) in [6.45, 7) is 0.731. The van der Waals surface area contributed by atoms with Gasteiger partial charge in [-0.05, 0) is 55.8 Å². The predicted molar refractivity (Wildman–Crippen MR) is 190 cm³/mol. The number of fused-ring (bicyclic) bond motifs is 2. The molecule has 1 unspecified atom stereocenters. The van der Waals surface area contributed by atoms with Crippen LogP contribution in [0.4, 0.5) is 55.3 Å². The number of non-ortho nitro benzene ring substituents is 1. The molecule has 0 N–H and O–H groups in total. The molecule has 9 nitrogen and oxygen atoms in total. The molecule has 5 aromatic carbocycles. The average Bonchev–Trinajstić information content (AvgIpc) is 3.41. The molecule has 0 saturated heterocycles. The number of nitrogens with zero attached hydrogens (tertiary/aromatic N) is 2. The van der Waals surface area contributed by atoms with E-state index >= 15 is 0 Å². The first-order chi connectivity index (χ1) is 28.4. The molecule has 0 saturated carbocycles. The van der Waals surface area contributed by atoms with Crippen LogP contribution >= 0.6 is 0 Å². The number of carbonyl (C=O) groups is 1. The van der Waals surface area contributed by atoms with Crippen LogP contribution in [0.2, 0.25) is 0 Å². The first kappa shape index (κ1) is 41.4. The second-order valence-electron chi connectivity index (χ2n) is 13.9.